The first-order chi connectivity index (χ1) is 13.2. The maximum Gasteiger partial charge on any atom is 0.191 e. The molecule has 1 aromatic rings. The molecule has 1 saturated heterocycles. The average molecular weight is 503 g/mol. The van der Waals surface area contributed by atoms with Gasteiger partial charge in [0.15, 0.2) is 5.96 Å². The normalized spacial score (nSPS) is 16.0. The maximum absolute atomic E-state index is 5.43. The molecule has 2 rings (SSSR count). The standard InChI is InChI=1S/C21H37N5O.HI/c1-5-22-21(23-12-15-25(3)6-2)24-17-20(26-13-7-8-14-26)18-10-9-11-19(16-18)27-4;/h9-11,16,20H,5-8,12-15,17H2,1-4H3,(H2,22,23,24);1H. The van der Waals surface area contributed by atoms with E-state index < -0.39 is 0 Å². The molecular weight excluding hydrogens is 465 g/mol. The topological polar surface area (TPSA) is 52.1 Å². The summed E-state index contributed by atoms with van der Waals surface area (Å²) in [5, 5.41) is 6.83. The molecule has 1 aliphatic rings. The van der Waals surface area contributed by atoms with E-state index >= 15 is 0 Å². The summed E-state index contributed by atoms with van der Waals surface area (Å²) in [5.74, 6) is 1.81. The highest BCUT2D eigenvalue weighted by Crippen LogP contribution is 2.27. The Balaban J connectivity index is 0.00000392. The molecule has 0 radical (unpaired) electrons. The summed E-state index contributed by atoms with van der Waals surface area (Å²) in [6, 6.07) is 8.71. The van der Waals surface area contributed by atoms with E-state index in [-0.39, 0.29) is 30.0 Å². The summed E-state index contributed by atoms with van der Waals surface area (Å²) < 4.78 is 5.43. The van der Waals surface area contributed by atoms with E-state index in [1.54, 1.807) is 7.11 Å². The van der Waals surface area contributed by atoms with Gasteiger partial charge in [-0.05, 0) is 64.1 Å². The van der Waals surface area contributed by atoms with Gasteiger partial charge in [-0.2, -0.15) is 0 Å². The van der Waals surface area contributed by atoms with Crippen LogP contribution in [0.2, 0.25) is 0 Å². The van der Waals surface area contributed by atoms with Crippen LogP contribution in [0.4, 0.5) is 0 Å². The van der Waals surface area contributed by atoms with Crippen LogP contribution in [0, 0.1) is 0 Å². The first kappa shape index (κ1) is 25.0. The number of rotatable bonds is 10. The zero-order chi connectivity index (χ0) is 19.5. The van der Waals surface area contributed by atoms with Gasteiger partial charge in [0.1, 0.15) is 5.75 Å². The van der Waals surface area contributed by atoms with Gasteiger partial charge < -0.3 is 20.3 Å². The zero-order valence-electron chi connectivity index (χ0n) is 17.9. The summed E-state index contributed by atoms with van der Waals surface area (Å²) in [6.07, 6.45) is 2.54. The molecule has 0 spiro atoms. The van der Waals surface area contributed by atoms with Crippen molar-refractivity contribution in [3.05, 3.63) is 29.8 Å². The van der Waals surface area contributed by atoms with E-state index in [0.717, 1.165) is 57.5 Å². The first-order valence-corrected chi connectivity index (χ1v) is 10.3. The minimum absolute atomic E-state index is 0. The molecule has 2 N–H and O–H groups in total. The molecule has 1 aromatic carbocycles. The minimum atomic E-state index is 0. The van der Waals surface area contributed by atoms with Gasteiger partial charge in [0.2, 0.25) is 0 Å². The van der Waals surface area contributed by atoms with Gasteiger partial charge in [-0.1, -0.05) is 19.1 Å². The number of likely N-dealkylation sites (N-methyl/N-ethyl adjacent to an activating group) is 1. The number of hydrogen-bond donors (Lipinski definition) is 2. The number of halogens is 1. The van der Waals surface area contributed by atoms with Crippen molar-refractivity contribution in [1.82, 2.24) is 20.4 Å². The lowest BCUT2D eigenvalue weighted by atomic mass is 10.1. The molecule has 160 valence electrons. The molecular formula is C21H38IN5O. The molecule has 1 aliphatic heterocycles. The van der Waals surface area contributed by atoms with Gasteiger partial charge in [-0.15, -0.1) is 24.0 Å². The maximum atomic E-state index is 5.43. The average Bonchev–Trinajstić information content (AvgIpc) is 3.22. The van der Waals surface area contributed by atoms with Gasteiger partial charge in [-0.25, -0.2) is 0 Å². The highest BCUT2D eigenvalue weighted by atomic mass is 127. The summed E-state index contributed by atoms with van der Waals surface area (Å²) in [6.45, 7) is 11.1. The van der Waals surface area contributed by atoms with E-state index in [1.807, 2.05) is 6.07 Å². The lowest BCUT2D eigenvalue weighted by Crippen LogP contribution is -2.41. The minimum Gasteiger partial charge on any atom is -0.497 e. The Morgan fingerprint density at radius 3 is 2.64 bits per heavy atom. The second-order valence-electron chi connectivity index (χ2n) is 7.08. The van der Waals surface area contributed by atoms with Gasteiger partial charge in [0, 0.05) is 19.6 Å². The second kappa shape index (κ2) is 14.0. The van der Waals surface area contributed by atoms with Gasteiger partial charge in [0.25, 0.3) is 0 Å². The van der Waals surface area contributed by atoms with Crippen LogP contribution in [-0.4, -0.2) is 75.7 Å². The van der Waals surface area contributed by atoms with Crippen LogP contribution in [-0.2, 0) is 0 Å². The molecule has 1 fully saturated rings. The summed E-state index contributed by atoms with van der Waals surface area (Å²) >= 11 is 0. The molecule has 1 atom stereocenters. The van der Waals surface area contributed by atoms with Crippen molar-refractivity contribution in [2.24, 2.45) is 4.99 Å². The molecule has 1 unspecified atom stereocenters. The number of aliphatic imine (C=N–C) groups is 1. The third-order valence-electron chi connectivity index (χ3n) is 5.15. The number of methoxy groups -OCH3 is 1. The lowest BCUT2D eigenvalue weighted by Gasteiger charge is -2.27. The smallest absolute Gasteiger partial charge is 0.191 e. The fourth-order valence-electron chi connectivity index (χ4n) is 3.38. The Bertz CT molecular complexity index is 578. The monoisotopic (exact) mass is 503 g/mol. The third-order valence-corrected chi connectivity index (χ3v) is 5.15. The van der Waals surface area contributed by atoms with Crippen LogP contribution in [0.5, 0.6) is 5.75 Å². The van der Waals surface area contributed by atoms with Crippen LogP contribution in [0.3, 0.4) is 0 Å². The van der Waals surface area contributed by atoms with E-state index in [2.05, 4.69) is 59.5 Å². The fraction of sp³-hybridized carbons (Fsp3) is 0.667. The number of hydrogen-bond acceptors (Lipinski definition) is 4. The zero-order valence-corrected chi connectivity index (χ0v) is 20.2. The first-order valence-electron chi connectivity index (χ1n) is 10.3. The summed E-state index contributed by atoms with van der Waals surface area (Å²) in [7, 11) is 3.86. The Morgan fingerprint density at radius 2 is 2.00 bits per heavy atom. The highest BCUT2D eigenvalue weighted by Gasteiger charge is 2.23. The van der Waals surface area contributed by atoms with Crippen molar-refractivity contribution in [2.75, 3.05) is 60.0 Å². The number of guanidine groups is 1. The van der Waals surface area contributed by atoms with Gasteiger partial charge in [-0.3, -0.25) is 9.89 Å². The van der Waals surface area contributed by atoms with Crippen molar-refractivity contribution in [3.63, 3.8) is 0 Å². The molecule has 1 heterocycles. The lowest BCUT2D eigenvalue weighted by molar-refractivity contribution is 0.251. The molecule has 0 amide bonds. The van der Waals surface area contributed by atoms with Crippen molar-refractivity contribution in [3.8, 4) is 5.75 Å². The van der Waals surface area contributed by atoms with E-state index in [0.29, 0.717) is 0 Å². The number of nitrogens with zero attached hydrogens (tertiary/aromatic N) is 3. The molecule has 28 heavy (non-hydrogen) atoms. The van der Waals surface area contributed by atoms with Crippen LogP contribution in [0.25, 0.3) is 0 Å². The predicted molar refractivity (Wildman–Crippen MR) is 129 cm³/mol. The second-order valence-corrected chi connectivity index (χ2v) is 7.08. The summed E-state index contributed by atoms with van der Waals surface area (Å²) in [4.78, 5) is 9.75. The van der Waals surface area contributed by atoms with Gasteiger partial charge >= 0.3 is 0 Å². The number of ether oxygens (including phenoxy) is 1. The third kappa shape index (κ3) is 8.13. The molecule has 0 saturated carbocycles. The van der Waals surface area contributed by atoms with E-state index in [9.17, 15) is 0 Å². The Labute approximate surface area is 188 Å². The molecule has 0 bridgehead atoms. The Kier molecular flexibility index (Phi) is 12.5. The quantitative estimate of drug-likeness (QED) is 0.292. The highest BCUT2D eigenvalue weighted by molar-refractivity contribution is 14.0. The molecule has 0 aliphatic carbocycles. The van der Waals surface area contributed by atoms with Crippen LogP contribution >= 0.6 is 24.0 Å². The molecule has 7 heteroatoms. The summed E-state index contributed by atoms with van der Waals surface area (Å²) in [5.41, 5.74) is 1.28. The van der Waals surface area contributed by atoms with Gasteiger partial charge in [0.05, 0.1) is 19.7 Å². The van der Waals surface area contributed by atoms with Crippen molar-refractivity contribution >= 4 is 29.9 Å². The SMILES string of the molecule is CCNC(=NCC(c1cccc(OC)c1)N1CCCC1)NCCN(C)CC.I. The fourth-order valence-corrected chi connectivity index (χ4v) is 3.38. The van der Waals surface area contributed by atoms with Crippen LogP contribution in [0.15, 0.2) is 29.3 Å². The molecule has 0 aromatic heterocycles. The van der Waals surface area contributed by atoms with Crippen LogP contribution < -0.4 is 15.4 Å². The number of likely N-dealkylation sites (tertiary alicyclic amines) is 1. The predicted octanol–water partition coefficient (Wildman–Crippen LogP) is 2.96. The van der Waals surface area contributed by atoms with E-state index in [4.69, 9.17) is 9.73 Å². The van der Waals surface area contributed by atoms with Crippen molar-refractivity contribution < 1.29 is 4.74 Å². The Morgan fingerprint density at radius 1 is 1.25 bits per heavy atom. The largest absolute Gasteiger partial charge is 0.497 e. The van der Waals surface area contributed by atoms with Crippen molar-refractivity contribution in [1.29, 1.82) is 0 Å². The van der Waals surface area contributed by atoms with Crippen molar-refractivity contribution in [2.45, 2.75) is 32.7 Å². The number of nitrogens with one attached hydrogen (secondary N) is 2. The van der Waals surface area contributed by atoms with E-state index in [1.165, 1.54) is 18.4 Å². The molecule has 6 nitrogen and oxygen atoms in total. The van der Waals surface area contributed by atoms with Crippen LogP contribution in [0.1, 0.15) is 38.3 Å². The Hall–Kier alpha value is -1.06. The number of benzene rings is 1.